The average Bonchev–Trinajstić information content (AvgIpc) is 2.88. The number of aryl methyl sites for hydroxylation is 1. The molecule has 1 aliphatic rings. The Hall–Kier alpha value is -2.69. The summed E-state index contributed by atoms with van der Waals surface area (Å²) in [5.74, 6) is -0.608. The third-order valence-electron chi connectivity index (χ3n) is 3.88. The van der Waals surface area contributed by atoms with Gasteiger partial charge in [0.2, 0.25) is 5.91 Å². The van der Waals surface area contributed by atoms with Crippen LogP contribution in [-0.2, 0) is 4.79 Å². The molecule has 1 heterocycles. The molecule has 2 aromatic rings. The first-order valence-corrected chi connectivity index (χ1v) is 7.46. The highest BCUT2D eigenvalue weighted by molar-refractivity contribution is 5.99. The Morgan fingerprint density at radius 2 is 1.96 bits per heavy atom. The van der Waals surface area contributed by atoms with Gasteiger partial charge in [0.15, 0.2) is 0 Å². The number of carbonyl (C=O) groups is 2. The average molecular weight is 312 g/mol. The van der Waals surface area contributed by atoms with Crippen LogP contribution in [0.1, 0.15) is 22.3 Å². The van der Waals surface area contributed by atoms with E-state index in [4.69, 9.17) is 0 Å². The second kappa shape index (κ2) is 6.20. The fourth-order valence-electron chi connectivity index (χ4n) is 2.73. The zero-order chi connectivity index (χ0) is 16.4. The molecular formula is C18H17FN2O2. The molecule has 0 saturated carbocycles. The Bertz CT molecular complexity index is 743. The standard InChI is InChI=1S/C18H17FN2O2/c1-12-3-2-4-13(9-12)18(23)20-15-10-17(22)21(11-15)16-7-5-14(19)6-8-16/h2-9,15H,10-11H2,1H3,(H,20,23)/t15-/m0/s1. The van der Waals surface area contributed by atoms with Crippen molar-refractivity contribution in [2.24, 2.45) is 0 Å². The summed E-state index contributed by atoms with van der Waals surface area (Å²) in [6.45, 7) is 2.31. The molecule has 2 amide bonds. The van der Waals surface area contributed by atoms with Gasteiger partial charge in [0.25, 0.3) is 5.91 Å². The molecule has 5 heteroatoms. The number of rotatable bonds is 3. The minimum Gasteiger partial charge on any atom is -0.347 e. The van der Waals surface area contributed by atoms with Gasteiger partial charge >= 0.3 is 0 Å². The third kappa shape index (κ3) is 3.39. The van der Waals surface area contributed by atoms with Crippen LogP contribution in [0.5, 0.6) is 0 Å². The number of carbonyl (C=O) groups excluding carboxylic acids is 2. The second-order valence-electron chi connectivity index (χ2n) is 5.72. The van der Waals surface area contributed by atoms with E-state index >= 15 is 0 Å². The third-order valence-corrected chi connectivity index (χ3v) is 3.88. The molecule has 0 unspecified atom stereocenters. The Kier molecular flexibility index (Phi) is 4.10. The summed E-state index contributed by atoms with van der Waals surface area (Å²) in [5, 5.41) is 2.89. The van der Waals surface area contributed by atoms with Gasteiger partial charge in [0.1, 0.15) is 5.82 Å². The maximum absolute atomic E-state index is 13.0. The summed E-state index contributed by atoms with van der Waals surface area (Å²) in [4.78, 5) is 25.9. The van der Waals surface area contributed by atoms with Crippen molar-refractivity contribution in [1.82, 2.24) is 5.32 Å². The fourth-order valence-corrected chi connectivity index (χ4v) is 2.73. The van der Waals surface area contributed by atoms with Crippen molar-refractivity contribution in [3.05, 3.63) is 65.5 Å². The normalized spacial score (nSPS) is 17.4. The van der Waals surface area contributed by atoms with Gasteiger partial charge in [-0.15, -0.1) is 0 Å². The number of benzene rings is 2. The lowest BCUT2D eigenvalue weighted by Gasteiger charge is -2.17. The van der Waals surface area contributed by atoms with E-state index in [2.05, 4.69) is 5.32 Å². The molecule has 0 bridgehead atoms. The summed E-state index contributed by atoms with van der Waals surface area (Å²) in [6, 6.07) is 12.8. The molecule has 1 atom stereocenters. The topological polar surface area (TPSA) is 49.4 Å². The van der Waals surface area contributed by atoms with Crippen molar-refractivity contribution >= 4 is 17.5 Å². The van der Waals surface area contributed by atoms with Gasteiger partial charge in [-0.3, -0.25) is 9.59 Å². The summed E-state index contributed by atoms with van der Waals surface area (Å²) in [6.07, 6.45) is 0.245. The summed E-state index contributed by atoms with van der Waals surface area (Å²) in [7, 11) is 0. The van der Waals surface area contributed by atoms with E-state index in [0.717, 1.165) is 5.56 Å². The van der Waals surface area contributed by atoms with Crippen LogP contribution in [0.4, 0.5) is 10.1 Å². The van der Waals surface area contributed by atoms with Gasteiger partial charge in [-0.1, -0.05) is 17.7 Å². The largest absolute Gasteiger partial charge is 0.347 e. The molecule has 3 rings (SSSR count). The van der Waals surface area contributed by atoms with Gasteiger partial charge in [0, 0.05) is 24.2 Å². The molecule has 1 aliphatic heterocycles. The van der Waals surface area contributed by atoms with Crippen molar-refractivity contribution in [3.63, 3.8) is 0 Å². The number of hydrogen-bond acceptors (Lipinski definition) is 2. The molecule has 4 nitrogen and oxygen atoms in total. The quantitative estimate of drug-likeness (QED) is 0.947. The van der Waals surface area contributed by atoms with Crippen LogP contribution in [0.2, 0.25) is 0 Å². The monoisotopic (exact) mass is 312 g/mol. The van der Waals surface area contributed by atoms with Crippen LogP contribution in [0.3, 0.4) is 0 Å². The van der Waals surface area contributed by atoms with Crippen molar-refractivity contribution in [3.8, 4) is 0 Å². The zero-order valence-corrected chi connectivity index (χ0v) is 12.8. The van der Waals surface area contributed by atoms with Crippen molar-refractivity contribution in [2.75, 3.05) is 11.4 Å². The number of halogens is 1. The molecule has 0 spiro atoms. The van der Waals surface area contributed by atoms with Crippen molar-refractivity contribution in [2.45, 2.75) is 19.4 Å². The van der Waals surface area contributed by atoms with E-state index < -0.39 is 0 Å². The maximum atomic E-state index is 13.0. The minimum atomic E-state index is -0.343. The van der Waals surface area contributed by atoms with Gasteiger partial charge in [-0.25, -0.2) is 4.39 Å². The molecular weight excluding hydrogens is 295 g/mol. The predicted molar refractivity (Wildman–Crippen MR) is 85.8 cm³/mol. The van der Waals surface area contributed by atoms with E-state index in [-0.39, 0.29) is 30.1 Å². The van der Waals surface area contributed by atoms with Crippen LogP contribution >= 0.6 is 0 Å². The van der Waals surface area contributed by atoms with E-state index in [1.54, 1.807) is 23.1 Å². The van der Waals surface area contributed by atoms with Crippen LogP contribution in [-0.4, -0.2) is 24.4 Å². The Morgan fingerprint density at radius 1 is 1.22 bits per heavy atom. The molecule has 1 fully saturated rings. The zero-order valence-electron chi connectivity index (χ0n) is 12.8. The number of nitrogens with zero attached hydrogens (tertiary/aromatic N) is 1. The molecule has 0 aromatic heterocycles. The highest BCUT2D eigenvalue weighted by Crippen LogP contribution is 2.22. The Morgan fingerprint density at radius 3 is 2.65 bits per heavy atom. The minimum absolute atomic E-state index is 0.0776. The first kappa shape index (κ1) is 15.2. The predicted octanol–water partition coefficient (Wildman–Crippen LogP) is 2.67. The smallest absolute Gasteiger partial charge is 0.251 e. The van der Waals surface area contributed by atoms with E-state index in [1.807, 2.05) is 25.1 Å². The van der Waals surface area contributed by atoms with Crippen LogP contribution < -0.4 is 10.2 Å². The van der Waals surface area contributed by atoms with Gasteiger partial charge in [-0.05, 0) is 43.3 Å². The molecule has 23 heavy (non-hydrogen) atoms. The molecule has 1 saturated heterocycles. The number of nitrogens with one attached hydrogen (secondary N) is 1. The number of hydrogen-bond donors (Lipinski definition) is 1. The van der Waals surface area contributed by atoms with Crippen LogP contribution in [0.15, 0.2) is 48.5 Å². The van der Waals surface area contributed by atoms with E-state index in [9.17, 15) is 14.0 Å². The molecule has 118 valence electrons. The lowest BCUT2D eigenvalue weighted by molar-refractivity contribution is -0.117. The summed E-state index contributed by atoms with van der Waals surface area (Å²) in [5.41, 5.74) is 2.23. The van der Waals surface area contributed by atoms with Crippen LogP contribution in [0.25, 0.3) is 0 Å². The Labute approximate surface area is 133 Å². The SMILES string of the molecule is Cc1cccc(C(=O)N[C@H]2CC(=O)N(c3ccc(F)cc3)C2)c1. The molecule has 0 aliphatic carbocycles. The second-order valence-corrected chi connectivity index (χ2v) is 5.72. The maximum Gasteiger partial charge on any atom is 0.251 e. The lowest BCUT2D eigenvalue weighted by atomic mass is 10.1. The van der Waals surface area contributed by atoms with Gasteiger partial charge in [0.05, 0.1) is 6.04 Å². The first-order chi connectivity index (χ1) is 11.0. The van der Waals surface area contributed by atoms with Crippen molar-refractivity contribution in [1.29, 1.82) is 0 Å². The van der Waals surface area contributed by atoms with Crippen LogP contribution in [0, 0.1) is 12.7 Å². The fraction of sp³-hybridized carbons (Fsp3) is 0.222. The summed E-state index contributed by atoms with van der Waals surface area (Å²) < 4.78 is 13.0. The summed E-state index contributed by atoms with van der Waals surface area (Å²) >= 11 is 0. The first-order valence-electron chi connectivity index (χ1n) is 7.46. The van der Waals surface area contributed by atoms with Gasteiger partial charge in [-0.2, -0.15) is 0 Å². The lowest BCUT2D eigenvalue weighted by Crippen LogP contribution is -2.37. The molecule has 0 radical (unpaired) electrons. The highest BCUT2D eigenvalue weighted by Gasteiger charge is 2.31. The molecule has 2 aromatic carbocycles. The molecule has 1 N–H and O–H groups in total. The van der Waals surface area contributed by atoms with E-state index in [1.165, 1.54) is 12.1 Å². The highest BCUT2D eigenvalue weighted by atomic mass is 19.1. The van der Waals surface area contributed by atoms with Crippen molar-refractivity contribution < 1.29 is 14.0 Å². The van der Waals surface area contributed by atoms with E-state index in [0.29, 0.717) is 17.8 Å². The Balaban J connectivity index is 1.68. The number of amides is 2. The number of anilines is 1. The van der Waals surface area contributed by atoms with Gasteiger partial charge < -0.3 is 10.2 Å².